The van der Waals surface area contributed by atoms with Crippen molar-refractivity contribution in [2.24, 2.45) is 0 Å². The van der Waals surface area contributed by atoms with Crippen molar-refractivity contribution in [1.29, 1.82) is 0 Å². The number of benzene rings is 2. The van der Waals surface area contributed by atoms with Gasteiger partial charge in [0, 0.05) is 26.3 Å². The van der Waals surface area contributed by atoms with Gasteiger partial charge < -0.3 is 5.32 Å². The van der Waals surface area contributed by atoms with Gasteiger partial charge in [-0.1, -0.05) is 39.1 Å². The second-order valence-corrected chi connectivity index (χ2v) is 6.46. The summed E-state index contributed by atoms with van der Waals surface area (Å²) in [6.45, 7) is 0. The monoisotopic (exact) mass is 383 g/mol. The van der Waals surface area contributed by atoms with E-state index >= 15 is 0 Å². The van der Waals surface area contributed by atoms with E-state index in [1.54, 1.807) is 30.3 Å². The van der Waals surface area contributed by atoms with Gasteiger partial charge in [-0.2, -0.15) is 0 Å². The topological polar surface area (TPSA) is 46.2 Å². The Balaban J connectivity index is 2.06. The molecule has 1 amide bonds. The first kappa shape index (κ1) is 14.6. The molecular weight excluding hydrogens is 377 g/mol. The lowest BCUT2D eigenvalue weighted by Gasteiger charge is -2.08. The van der Waals surface area contributed by atoms with Crippen LogP contribution in [0.2, 0.25) is 10.0 Å². The molecular formula is C15H8BrCl2NO2. The van der Waals surface area contributed by atoms with Crippen molar-refractivity contribution in [1.82, 2.24) is 0 Å². The van der Waals surface area contributed by atoms with Crippen molar-refractivity contribution in [3.63, 3.8) is 0 Å². The Bertz CT molecular complexity index is 769. The van der Waals surface area contributed by atoms with Crippen LogP contribution in [0, 0.1) is 0 Å². The predicted molar refractivity (Wildman–Crippen MR) is 86.4 cm³/mol. The molecule has 0 aromatic heterocycles. The van der Waals surface area contributed by atoms with Gasteiger partial charge in [-0.25, -0.2) is 0 Å². The van der Waals surface area contributed by atoms with E-state index in [-0.39, 0.29) is 18.1 Å². The van der Waals surface area contributed by atoms with E-state index in [1.165, 1.54) is 0 Å². The van der Waals surface area contributed by atoms with Crippen LogP contribution in [0.5, 0.6) is 0 Å². The lowest BCUT2D eigenvalue weighted by Crippen LogP contribution is -2.03. The number of nitrogens with one attached hydrogen (secondary N) is 1. The lowest BCUT2D eigenvalue weighted by molar-refractivity contribution is -0.115. The largest absolute Gasteiger partial charge is 0.325 e. The summed E-state index contributed by atoms with van der Waals surface area (Å²) in [4.78, 5) is 24.0. The van der Waals surface area contributed by atoms with Crippen LogP contribution in [0.4, 0.5) is 5.69 Å². The standard InChI is InChI=1S/C15H8BrCl2NO2/c16-9-1-8(2-10(17)5-9)15(21)11-3-7-4-14(20)19-13(7)6-12(11)18/h1-3,5-6H,4H2,(H,19,20). The van der Waals surface area contributed by atoms with Crippen LogP contribution in [-0.2, 0) is 11.2 Å². The zero-order valence-corrected chi connectivity index (χ0v) is 13.6. The van der Waals surface area contributed by atoms with Gasteiger partial charge in [-0.3, -0.25) is 9.59 Å². The number of hydrogen-bond acceptors (Lipinski definition) is 2. The van der Waals surface area contributed by atoms with Gasteiger partial charge in [0.2, 0.25) is 5.91 Å². The summed E-state index contributed by atoms with van der Waals surface area (Å²) >= 11 is 15.4. The van der Waals surface area contributed by atoms with E-state index in [0.29, 0.717) is 31.3 Å². The van der Waals surface area contributed by atoms with E-state index in [4.69, 9.17) is 23.2 Å². The second kappa shape index (κ2) is 5.44. The van der Waals surface area contributed by atoms with Gasteiger partial charge in [0.05, 0.1) is 11.4 Å². The van der Waals surface area contributed by atoms with Crippen LogP contribution >= 0.6 is 39.1 Å². The molecule has 0 spiro atoms. The summed E-state index contributed by atoms with van der Waals surface area (Å²) < 4.78 is 0.715. The number of carbonyl (C=O) groups is 2. The summed E-state index contributed by atoms with van der Waals surface area (Å²) in [5.41, 5.74) is 2.23. The molecule has 2 aromatic carbocycles. The Kier molecular flexibility index (Phi) is 3.78. The Hall–Kier alpha value is -1.36. The zero-order chi connectivity index (χ0) is 15.1. The molecule has 0 aliphatic carbocycles. The molecule has 1 heterocycles. The number of ketones is 1. The molecule has 0 saturated carbocycles. The second-order valence-electron chi connectivity index (χ2n) is 4.70. The third-order valence-electron chi connectivity index (χ3n) is 3.19. The van der Waals surface area contributed by atoms with Gasteiger partial charge >= 0.3 is 0 Å². The van der Waals surface area contributed by atoms with Crippen LogP contribution in [0.25, 0.3) is 0 Å². The van der Waals surface area contributed by atoms with Gasteiger partial charge in [0.1, 0.15) is 0 Å². The van der Waals surface area contributed by atoms with E-state index in [0.717, 1.165) is 5.56 Å². The minimum Gasteiger partial charge on any atom is -0.325 e. The number of carbonyl (C=O) groups excluding carboxylic acids is 2. The highest BCUT2D eigenvalue weighted by Crippen LogP contribution is 2.31. The first-order valence-electron chi connectivity index (χ1n) is 6.07. The molecule has 6 heteroatoms. The Morgan fingerprint density at radius 3 is 2.62 bits per heavy atom. The smallest absolute Gasteiger partial charge is 0.228 e. The molecule has 1 aliphatic rings. The first-order valence-corrected chi connectivity index (χ1v) is 7.62. The number of anilines is 1. The highest BCUT2D eigenvalue weighted by Gasteiger charge is 2.22. The number of halogens is 3. The Labute approximate surface area is 139 Å². The third-order valence-corrected chi connectivity index (χ3v) is 4.18. The minimum absolute atomic E-state index is 0.101. The molecule has 3 nitrogen and oxygen atoms in total. The Morgan fingerprint density at radius 1 is 1.14 bits per heavy atom. The van der Waals surface area contributed by atoms with Crippen LogP contribution in [0.15, 0.2) is 34.8 Å². The van der Waals surface area contributed by atoms with Crippen molar-refractivity contribution in [2.75, 3.05) is 5.32 Å². The number of amides is 1. The predicted octanol–water partition coefficient (Wildman–Crippen LogP) is 4.48. The average molecular weight is 385 g/mol. The van der Waals surface area contributed by atoms with Crippen molar-refractivity contribution in [3.8, 4) is 0 Å². The molecule has 0 fully saturated rings. The zero-order valence-electron chi connectivity index (χ0n) is 10.5. The van der Waals surface area contributed by atoms with Gasteiger partial charge in [-0.15, -0.1) is 0 Å². The SMILES string of the molecule is O=C1Cc2cc(C(=O)c3cc(Cl)cc(Br)c3)c(Cl)cc2N1. The van der Waals surface area contributed by atoms with Crippen molar-refractivity contribution < 1.29 is 9.59 Å². The molecule has 0 unspecified atom stereocenters. The molecule has 21 heavy (non-hydrogen) atoms. The van der Waals surface area contributed by atoms with E-state index in [2.05, 4.69) is 21.2 Å². The molecule has 1 aliphatic heterocycles. The van der Waals surface area contributed by atoms with E-state index < -0.39 is 0 Å². The summed E-state index contributed by atoms with van der Waals surface area (Å²) in [6.07, 6.45) is 0.256. The summed E-state index contributed by atoms with van der Waals surface area (Å²) in [6, 6.07) is 8.23. The van der Waals surface area contributed by atoms with Crippen molar-refractivity contribution >= 4 is 56.5 Å². The third kappa shape index (κ3) is 2.84. The lowest BCUT2D eigenvalue weighted by atomic mass is 10.00. The molecule has 0 bridgehead atoms. The maximum Gasteiger partial charge on any atom is 0.228 e. The van der Waals surface area contributed by atoms with E-state index in [1.807, 2.05) is 0 Å². The number of fused-ring (bicyclic) bond motifs is 1. The normalized spacial score (nSPS) is 13.0. The molecule has 106 valence electrons. The van der Waals surface area contributed by atoms with Crippen LogP contribution in [-0.4, -0.2) is 11.7 Å². The summed E-state index contributed by atoms with van der Waals surface area (Å²) in [7, 11) is 0. The maximum absolute atomic E-state index is 12.6. The van der Waals surface area contributed by atoms with Gasteiger partial charge in [0.25, 0.3) is 0 Å². The molecule has 0 saturated heterocycles. The quantitative estimate of drug-likeness (QED) is 0.775. The van der Waals surface area contributed by atoms with Crippen molar-refractivity contribution in [2.45, 2.75) is 6.42 Å². The fourth-order valence-corrected chi connectivity index (χ4v) is 3.37. The summed E-state index contributed by atoms with van der Waals surface area (Å²) in [5.74, 6) is -0.332. The fourth-order valence-electron chi connectivity index (χ4n) is 2.26. The fraction of sp³-hybridized carbons (Fsp3) is 0.0667. The summed E-state index contributed by atoms with van der Waals surface area (Å²) in [5, 5.41) is 3.46. The van der Waals surface area contributed by atoms with Crippen LogP contribution in [0.3, 0.4) is 0 Å². The Morgan fingerprint density at radius 2 is 1.90 bits per heavy atom. The highest BCUT2D eigenvalue weighted by atomic mass is 79.9. The number of rotatable bonds is 2. The van der Waals surface area contributed by atoms with Gasteiger partial charge in [-0.05, 0) is 35.9 Å². The molecule has 0 atom stereocenters. The molecule has 2 aromatic rings. The van der Waals surface area contributed by atoms with Crippen molar-refractivity contribution in [3.05, 3.63) is 61.5 Å². The van der Waals surface area contributed by atoms with Crippen LogP contribution in [0.1, 0.15) is 21.5 Å². The highest BCUT2D eigenvalue weighted by molar-refractivity contribution is 9.10. The minimum atomic E-state index is -0.231. The average Bonchev–Trinajstić information content (AvgIpc) is 2.75. The number of hydrogen-bond donors (Lipinski definition) is 1. The van der Waals surface area contributed by atoms with Crippen LogP contribution < -0.4 is 5.32 Å². The van der Waals surface area contributed by atoms with E-state index in [9.17, 15) is 9.59 Å². The molecule has 0 radical (unpaired) electrons. The maximum atomic E-state index is 12.6. The molecule has 3 rings (SSSR count). The van der Waals surface area contributed by atoms with Gasteiger partial charge in [0.15, 0.2) is 5.78 Å². The first-order chi connectivity index (χ1) is 9.94. The molecule has 1 N–H and O–H groups in total.